The van der Waals surface area contributed by atoms with E-state index in [2.05, 4.69) is 5.32 Å². The predicted molar refractivity (Wildman–Crippen MR) is 57.3 cm³/mol. The van der Waals surface area contributed by atoms with Gasteiger partial charge < -0.3 is 16.2 Å². The summed E-state index contributed by atoms with van der Waals surface area (Å²) in [6.07, 6.45) is 1.33. The molecule has 0 heterocycles. The number of hydrogen-bond donors (Lipinski definition) is 3. The van der Waals surface area contributed by atoms with Crippen LogP contribution in [0.5, 0.6) is 0 Å². The smallest absolute Gasteiger partial charge is 0.253 e. The quantitative estimate of drug-likeness (QED) is 0.686. The zero-order chi connectivity index (χ0) is 12.6. The van der Waals surface area contributed by atoms with Crippen LogP contribution in [0.2, 0.25) is 0 Å². The molecule has 0 spiro atoms. The normalized spacial score (nSPS) is 16.6. The van der Waals surface area contributed by atoms with E-state index in [0.29, 0.717) is 12.8 Å². The second-order valence-corrected chi connectivity index (χ2v) is 4.25. The molecule has 0 aromatic heterocycles. The number of anilines is 1. The molecule has 0 aliphatic heterocycles. The number of rotatable bonds is 3. The molecule has 0 radical (unpaired) electrons. The molecular formula is C11H12F2N2O2. The zero-order valence-corrected chi connectivity index (χ0v) is 8.96. The molecule has 1 saturated carbocycles. The lowest BCUT2D eigenvalue weighted by molar-refractivity contribution is 0.0907. The van der Waals surface area contributed by atoms with E-state index < -0.39 is 23.1 Å². The Labute approximate surface area is 96.4 Å². The van der Waals surface area contributed by atoms with Crippen molar-refractivity contribution >= 4 is 11.6 Å². The Kier molecular flexibility index (Phi) is 2.74. The van der Waals surface area contributed by atoms with Gasteiger partial charge in [0.1, 0.15) is 0 Å². The van der Waals surface area contributed by atoms with Crippen molar-refractivity contribution in [3.05, 3.63) is 29.3 Å². The third-order valence-electron chi connectivity index (χ3n) is 2.87. The van der Waals surface area contributed by atoms with Crippen LogP contribution < -0.4 is 11.1 Å². The van der Waals surface area contributed by atoms with Crippen molar-refractivity contribution in [2.24, 2.45) is 0 Å². The largest absolute Gasteiger partial charge is 0.398 e. The lowest BCUT2D eigenvalue weighted by Gasteiger charge is -2.15. The highest BCUT2D eigenvalue weighted by Gasteiger charge is 2.43. The van der Waals surface area contributed by atoms with Crippen molar-refractivity contribution in [2.45, 2.75) is 18.4 Å². The molecule has 0 unspecified atom stereocenters. The molecular weight excluding hydrogens is 230 g/mol. The number of nitrogens with two attached hydrogens (primary N) is 1. The maximum absolute atomic E-state index is 13.0. The first-order valence-corrected chi connectivity index (χ1v) is 5.15. The molecule has 4 N–H and O–H groups in total. The molecule has 1 fully saturated rings. The average Bonchev–Trinajstić information content (AvgIpc) is 3.04. The van der Waals surface area contributed by atoms with Gasteiger partial charge in [0.25, 0.3) is 5.91 Å². The van der Waals surface area contributed by atoms with Crippen molar-refractivity contribution in [1.82, 2.24) is 5.32 Å². The van der Waals surface area contributed by atoms with Crippen LogP contribution in [0.15, 0.2) is 12.1 Å². The summed E-state index contributed by atoms with van der Waals surface area (Å²) in [6.45, 7) is -0.178. The molecule has 1 aliphatic carbocycles. The van der Waals surface area contributed by atoms with E-state index in [4.69, 9.17) is 10.8 Å². The highest BCUT2D eigenvalue weighted by Crippen LogP contribution is 2.35. The Morgan fingerprint density at radius 1 is 1.41 bits per heavy atom. The number of halogens is 2. The van der Waals surface area contributed by atoms with E-state index in [1.165, 1.54) is 0 Å². The molecule has 6 heteroatoms. The molecule has 0 saturated heterocycles. The van der Waals surface area contributed by atoms with Crippen molar-refractivity contribution in [3.8, 4) is 0 Å². The van der Waals surface area contributed by atoms with E-state index in [1.807, 2.05) is 0 Å². The number of hydrogen-bond acceptors (Lipinski definition) is 3. The van der Waals surface area contributed by atoms with Crippen LogP contribution >= 0.6 is 0 Å². The van der Waals surface area contributed by atoms with Crippen molar-refractivity contribution in [2.75, 3.05) is 12.3 Å². The van der Waals surface area contributed by atoms with Gasteiger partial charge in [-0.25, -0.2) is 8.78 Å². The number of aliphatic hydroxyl groups excluding tert-OH is 1. The first kappa shape index (κ1) is 11.8. The van der Waals surface area contributed by atoms with Gasteiger partial charge in [0.05, 0.1) is 17.7 Å². The summed E-state index contributed by atoms with van der Waals surface area (Å²) < 4.78 is 25.8. The van der Waals surface area contributed by atoms with Gasteiger partial charge in [-0.3, -0.25) is 4.79 Å². The van der Waals surface area contributed by atoms with E-state index in [9.17, 15) is 13.6 Å². The Bertz CT molecular complexity index is 473. The summed E-state index contributed by atoms with van der Waals surface area (Å²) in [6, 6.07) is 1.52. The van der Waals surface area contributed by atoms with Crippen LogP contribution in [0.3, 0.4) is 0 Å². The van der Waals surface area contributed by atoms with Crippen molar-refractivity contribution < 1.29 is 18.7 Å². The molecule has 17 heavy (non-hydrogen) atoms. The van der Waals surface area contributed by atoms with Crippen molar-refractivity contribution in [3.63, 3.8) is 0 Å². The second-order valence-electron chi connectivity index (χ2n) is 4.25. The zero-order valence-electron chi connectivity index (χ0n) is 8.96. The molecule has 1 aromatic rings. The van der Waals surface area contributed by atoms with Gasteiger partial charge in [-0.05, 0) is 18.9 Å². The topological polar surface area (TPSA) is 75.4 Å². The summed E-state index contributed by atoms with van der Waals surface area (Å²) in [7, 11) is 0. The predicted octanol–water partition coefficient (Wildman–Crippen LogP) is 0.802. The van der Waals surface area contributed by atoms with Crippen LogP contribution in [-0.4, -0.2) is 23.2 Å². The van der Waals surface area contributed by atoms with Gasteiger partial charge in [-0.15, -0.1) is 0 Å². The first-order chi connectivity index (χ1) is 7.97. The highest BCUT2D eigenvalue weighted by molar-refractivity contribution is 5.99. The molecule has 1 amide bonds. The highest BCUT2D eigenvalue weighted by atomic mass is 19.2. The van der Waals surface area contributed by atoms with Gasteiger partial charge in [-0.2, -0.15) is 0 Å². The van der Waals surface area contributed by atoms with Crippen LogP contribution in [0.4, 0.5) is 14.5 Å². The molecule has 1 aliphatic rings. The van der Waals surface area contributed by atoms with Gasteiger partial charge in [0, 0.05) is 11.8 Å². The fourth-order valence-electron chi connectivity index (χ4n) is 1.54. The van der Waals surface area contributed by atoms with Crippen LogP contribution in [0, 0.1) is 11.6 Å². The lowest BCUT2D eigenvalue weighted by Crippen LogP contribution is -2.39. The van der Waals surface area contributed by atoms with E-state index in [0.717, 1.165) is 12.1 Å². The number of nitrogens with one attached hydrogen (secondary N) is 1. The molecule has 4 nitrogen and oxygen atoms in total. The average molecular weight is 242 g/mol. The fourth-order valence-corrected chi connectivity index (χ4v) is 1.54. The summed E-state index contributed by atoms with van der Waals surface area (Å²) in [5, 5.41) is 11.6. The number of carbonyl (C=O) groups is 1. The fraction of sp³-hybridized carbons (Fsp3) is 0.364. The second kappa shape index (κ2) is 3.96. The van der Waals surface area contributed by atoms with E-state index in [1.54, 1.807) is 0 Å². The van der Waals surface area contributed by atoms with E-state index >= 15 is 0 Å². The number of amides is 1. The Hall–Kier alpha value is -1.69. The Morgan fingerprint density at radius 2 is 2.00 bits per heavy atom. The minimum Gasteiger partial charge on any atom is -0.398 e. The summed E-state index contributed by atoms with van der Waals surface area (Å²) in [5.74, 6) is -2.83. The van der Waals surface area contributed by atoms with Gasteiger partial charge >= 0.3 is 0 Å². The molecule has 1 aromatic carbocycles. The third kappa shape index (κ3) is 2.21. The molecule has 2 rings (SSSR count). The van der Waals surface area contributed by atoms with Crippen LogP contribution in [-0.2, 0) is 0 Å². The number of aliphatic hydroxyl groups is 1. The minimum atomic E-state index is -1.13. The monoisotopic (exact) mass is 242 g/mol. The minimum absolute atomic E-state index is 0.122. The summed E-state index contributed by atoms with van der Waals surface area (Å²) in [5.41, 5.74) is 4.57. The van der Waals surface area contributed by atoms with Crippen molar-refractivity contribution in [1.29, 1.82) is 0 Å². The molecule has 92 valence electrons. The summed E-state index contributed by atoms with van der Waals surface area (Å²) in [4.78, 5) is 11.8. The van der Waals surface area contributed by atoms with Gasteiger partial charge in [0.15, 0.2) is 11.6 Å². The Balaban J connectivity index is 2.22. The number of carbonyl (C=O) groups excluding carboxylic acids is 1. The van der Waals surface area contributed by atoms with E-state index in [-0.39, 0.29) is 17.9 Å². The maximum atomic E-state index is 13.0. The SMILES string of the molecule is Nc1cc(F)c(F)cc1C(=O)NC1(CO)CC1. The third-order valence-corrected chi connectivity index (χ3v) is 2.87. The number of benzene rings is 1. The standard InChI is InChI=1S/C11H12F2N2O2/c12-7-3-6(9(14)4-8(7)13)10(17)15-11(5-16)1-2-11/h3-4,16H,1-2,5,14H2,(H,15,17). The van der Waals surface area contributed by atoms with Gasteiger partial charge in [0.2, 0.25) is 0 Å². The number of nitrogen functional groups attached to an aromatic ring is 1. The van der Waals surface area contributed by atoms with Gasteiger partial charge in [-0.1, -0.05) is 0 Å². The van der Waals surface area contributed by atoms with Crippen LogP contribution in [0.25, 0.3) is 0 Å². The molecule has 0 bridgehead atoms. The lowest BCUT2D eigenvalue weighted by atomic mass is 10.1. The maximum Gasteiger partial charge on any atom is 0.253 e. The van der Waals surface area contributed by atoms with Crippen LogP contribution in [0.1, 0.15) is 23.2 Å². The summed E-state index contributed by atoms with van der Waals surface area (Å²) >= 11 is 0. The first-order valence-electron chi connectivity index (χ1n) is 5.15. The Morgan fingerprint density at radius 3 is 2.53 bits per heavy atom. The molecule has 0 atom stereocenters.